The predicted molar refractivity (Wildman–Crippen MR) is 66.7 cm³/mol. The van der Waals surface area contributed by atoms with Crippen LogP contribution in [-0.4, -0.2) is 5.11 Å². The Hall–Kier alpha value is -1.38. The number of aliphatic hydroxyl groups excluding tert-OH is 1. The van der Waals surface area contributed by atoms with E-state index in [2.05, 4.69) is 0 Å². The highest BCUT2D eigenvalue weighted by Crippen LogP contribution is 2.26. The van der Waals surface area contributed by atoms with Gasteiger partial charge in [-0.15, -0.1) is 0 Å². The van der Waals surface area contributed by atoms with Crippen molar-refractivity contribution in [1.82, 2.24) is 0 Å². The van der Waals surface area contributed by atoms with Gasteiger partial charge in [0.2, 0.25) is 0 Å². The average Bonchev–Trinajstić information content (AvgIpc) is 2.28. The molecule has 1 nitrogen and oxygen atoms in total. The number of halogens is 2. The summed E-state index contributed by atoms with van der Waals surface area (Å²) in [6.45, 7) is 1.93. The Bertz CT molecular complexity index is 539. The van der Waals surface area contributed by atoms with Gasteiger partial charge in [0, 0.05) is 10.6 Å². The van der Waals surface area contributed by atoms with Gasteiger partial charge in [-0.05, 0) is 24.6 Å². The minimum atomic E-state index is -0.966. The first kappa shape index (κ1) is 12.1. The van der Waals surface area contributed by atoms with Gasteiger partial charge in [0.25, 0.3) is 0 Å². The molecule has 3 heteroatoms. The summed E-state index contributed by atoms with van der Waals surface area (Å²) in [7, 11) is 0. The molecule has 0 fully saturated rings. The average molecular weight is 251 g/mol. The van der Waals surface area contributed by atoms with Crippen molar-refractivity contribution >= 4 is 11.6 Å². The molecule has 0 aromatic heterocycles. The molecule has 2 aromatic carbocycles. The van der Waals surface area contributed by atoms with E-state index in [0.29, 0.717) is 10.6 Å². The monoisotopic (exact) mass is 250 g/mol. The van der Waals surface area contributed by atoms with Crippen molar-refractivity contribution in [2.45, 2.75) is 13.0 Å². The van der Waals surface area contributed by atoms with Gasteiger partial charge < -0.3 is 5.11 Å². The zero-order valence-corrected chi connectivity index (χ0v) is 10.1. The van der Waals surface area contributed by atoms with E-state index in [-0.39, 0.29) is 5.56 Å². The van der Waals surface area contributed by atoms with E-state index in [4.69, 9.17) is 11.6 Å². The number of aryl methyl sites for hydroxylation is 1. The largest absolute Gasteiger partial charge is 0.384 e. The van der Waals surface area contributed by atoms with Crippen LogP contribution in [0.2, 0.25) is 5.02 Å². The normalized spacial score (nSPS) is 12.5. The third-order valence-corrected chi connectivity index (χ3v) is 2.85. The third kappa shape index (κ3) is 2.65. The molecule has 1 N–H and O–H groups in total. The summed E-state index contributed by atoms with van der Waals surface area (Å²) in [6, 6.07) is 11.6. The lowest BCUT2D eigenvalue weighted by Crippen LogP contribution is -2.02. The summed E-state index contributed by atoms with van der Waals surface area (Å²) in [5.74, 6) is -0.494. The van der Waals surface area contributed by atoms with Crippen LogP contribution in [0.15, 0.2) is 42.5 Å². The molecule has 0 bridgehead atoms. The van der Waals surface area contributed by atoms with Crippen LogP contribution in [0.25, 0.3) is 0 Å². The topological polar surface area (TPSA) is 20.2 Å². The molecule has 1 atom stereocenters. The lowest BCUT2D eigenvalue weighted by Gasteiger charge is -2.13. The lowest BCUT2D eigenvalue weighted by molar-refractivity contribution is 0.215. The number of rotatable bonds is 2. The number of hydrogen-bond donors (Lipinski definition) is 1. The molecule has 0 heterocycles. The Morgan fingerprint density at radius 1 is 1.18 bits per heavy atom. The van der Waals surface area contributed by atoms with Crippen LogP contribution in [0.3, 0.4) is 0 Å². The SMILES string of the molecule is Cc1cccc(C(O)c2ccc(Cl)cc2F)c1. The molecule has 17 heavy (non-hydrogen) atoms. The fraction of sp³-hybridized carbons (Fsp3) is 0.143. The van der Waals surface area contributed by atoms with Crippen molar-refractivity contribution in [3.63, 3.8) is 0 Å². The van der Waals surface area contributed by atoms with Gasteiger partial charge in [-0.1, -0.05) is 47.5 Å². The molecule has 2 aromatic rings. The molecular formula is C14H12ClFO. The third-order valence-electron chi connectivity index (χ3n) is 2.61. The number of aliphatic hydroxyl groups is 1. The maximum atomic E-state index is 13.6. The van der Waals surface area contributed by atoms with Crippen LogP contribution >= 0.6 is 11.6 Å². The smallest absolute Gasteiger partial charge is 0.130 e. The minimum Gasteiger partial charge on any atom is -0.384 e. The van der Waals surface area contributed by atoms with E-state index in [1.165, 1.54) is 12.1 Å². The summed E-state index contributed by atoms with van der Waals surface area (Å²) < 4.78 is 13.6. The molecule has 0 spiro atoms. The Balaban J connectivity index is 2.40. The van der Waals surface area contributed by atoms with E-state index >= 15 is 0 Å². The molecule has 1 unspecified atom stereocenters. The van der Waals surface area contributed by atoms with Crippen molar-refractivity contribution in [3.05, 3.63) is 70.0 Å². The van der Waals surface area contributed by atoms with Gasteiger partial charge in [-0.3, -0.25) is 0 Å². The Morgan fingerprint density at radius 3 is 2.59 bits per heavy atom. The fourth-order valence-corrected chi connectivity index (χ4v) is 1.90. The van der Waals surface area contributed by atoms with Crippen molar-refractivity contribution < 1.29 is 9.50 Å². The molecule has 0 aliphatic rings. The van der Waals surface area contributed by atoms with E-state index in [0.717, 1.165) is 5.56 Å². The van der Waals surface area contributed by atoms with E-state index in [1.54, 1.807) is 12.1 Å². The fourth-order valence-electron chi connectivity index (χ4n) is 1.74. The second-order valence-corrected chi connectivity index (χ2v) is 4.42. The standard InChI is InChI=1S/C14H12ClFO/c1-9-3-2-4-10(7-9)14(17)12-6-5-11(15)8-13(12)16/h2-8,14,17H,1H3. The highest BCUT2D eigenvalue weighted by Gasteiger charge is 2.15. The Morgan fingerprint density at radius 2 is 1.94 bits per heavy atom. The number of benzene rings is 2. The Kier molecular flexibility index (Phi) is 3.46. The lowest BCUT2D eigenvalue weighted by atomic mass is 10.00. The zero-order valence-electron chi connectivity index (χ0n) is 9.32. The second kappa shape index (κ2) is 4.86. The van der Waals surface area contributed by atoms with Crippen LogP contribution in [0.5, 0.6) is 0 Å². The maximum Gasteiger partial charge on any atom is 0.130 e. The van der Waals surface area contributed by atoms with E-state index < -0.39 is 11.9 Å². The number of hydrogen-bond acceptors (Lipinski definition) is 1. The van der Waals surface area contributed by atoms with Gasteiger partial charge >= 0.3 is 0 Å². The van der Waals surface area contributed by atoms with Crippen LogP contribution in [-0.2, 0) is 0 Å². The summed E-state index contributed by atoms with van der Waals surface area (Å²) >= 11 is 5.67. The highest BCUT2D eigenvalue weighted by atomic mass is 35.5. The van der Waals surface area contributed by atoms with Crippen LogP contribution < -0.4 is 0 Å². The predicted octanol–water partition coefficient (Wildman–Crippen LogP) is 3.87. The molecule has 88 valence electrons. The molecule has 0 saturated heterocycles. The van der Waals surface area contributed by atoms with Crippen molar-refractivity contribution in [1.29, 1.82) is 0 Å². The van der Waals surface area contributed by atoms with Gasteiger partial charge in [0.05, 0.1) is 0 Å². The van der Waals surface area contributed by atoms with E-state index in [1.807, 2.05) is 25.1 Å². The van der Waals surface area contributed by atoms with Gasteiger partial charge in [-0.25, -0.2) is 4.39 Å². The molecule has 0 amide bonds. The summed E-state index contributed by atoms with van der Waals surface area (Å²) in [5.41, 5.74) is 1.93. The van der Waals surface area contributed by atoms with Gasteiger partial charge in [0.15, 0.2) is 0 Å². The molecule has 0 saturated carbocycles. The van der Waals surface area contributed by atoms with Crippen LogP contribution in [0.1, 0.15) is 22.8 Å². The minimum absolute atomic E-state index is 0.236. The van der Waals surface area contributed by atoms with Crippen LogP contribution in [0, 0.1) is 12.7 Å². The zero-order chi connectivity index (χ0) is 12.4. The maximum absolute atomic E-state index is 13.6. The summed E-state index contributed by atoms with van der Waals surface area (Å²) in [6.07, 6.45) is -0.966. The Labute approximate surface area is 104 Å². The molecule has 0 aliphatic heterocycles. The molecule has 0 radical (unpaired) electrons. The highest BCUT2D eigenvalue weighted by molar-refractivity contribution is 6.30. The first-order valence-corrected chi connectivity index (χ1v) is 5.65. The summed E-state index contributed by atoms with van der Waals surface area (Å²) in [4.78, 5) is 0. The van der Waals surface area contributed by atoms with Gasteiger partial charge in [-0.2, -0.15) is 0 Å². The van der Waals surface area contributed by atoms with Crippen molar-refractivity contribution in [3.8, 4) is 0 Å². The van der Waals surface area contributed by atoms with Gasteiger partial charge in [0.1, 0.15) is 11.9 Å². The van der Waals surface area contributed by atoms with E-state index in [9.17, 15) is 9.50 Å². The first-order valence-electron chi connectivity index (χ1n) is 5.27. The second-order valence-electron chi connectivity index (χ2n) is 3.98. The molecule has 2 rings (SSSR count). The molecular weight excluding hydrogens is 239 g/mol. The van der Waals surface area contributed by atoms with Crippen molar-refractivity contribution in [2.75, 3.05) is 0 Å². The summed E-state index contributed by atoms with van der Waals surface area (Å²) in [5, 5.41) is 10.4. The quantitative estimate of drug-likeness (QED) is 0.858. The van der Waals surface area contributed by atoms with Crippen LogP contribution in [0.4, 0.5) is 4.39 Å². The van der Waals surface area contributed by atoms with Crippen molar-refractivity contribution in [2.24, 2.45) is 0 Å². The molecule has 0 aliphatic carbocycles. The first-order chi connectivity index (χ1) is 8.08.